The van der Waals surface area contributed by atoms with Crippen LogP contribution in [0.15, 0.2) is 42.9 Å². The van der Waals surface area contributed by atoms with Crippen LogP contribution in [0.4, 0.5) is 5.82 Å². The van der Waals surface area contributed by atoms with Gasteiger partial charge in [0, 0.05) is 30.9 Å². The van der Waals surface area contributed by atoms with E-state index in [1.807, 2.05) is 43.4 Å². The number of nitrogens with zero attached hydrogens (tertiary/aromatic N) is 4. The molecule has 1 amide bonds. The molecule has 0 radical (unpaired) electrons. The molecule has 0 saturated carbocycles. The van der Waals surface area contributed by atoms with Crippen LogP contribution in [0.1, 0.15) is 30.9 Å². The van der Waals surface area contributed by atoms with Gasteiger partial charge in [-0.2, -0.15) is 0 Å². The second-order valence-corrected chi connectivity index (χ2v) is 8.88. The lowest BCUT2D eigenvalue weighted by atomic mass is 9.84. The Bertz CT molecular complexity index is 1060. The normalized spacial score (nSPS) is 17.0. The molecule has 3 N–H and O–H groups in total. The van der Waals surface area contributed by atoms with Crippen molar-refractivity contribution < 1.29 is 9.90 Å². The van der Waals surface area contributed by atoms with Crippen molar-refractivity contribution in [3.63, 3.8) is 0 Å². The number of piperidine rings is 1. The maximum atomic E-state index is 13.6. The highest BCUT2D eigenvalue weighted by Crippen LogP contribution is 2.33. The lowest BCUT2D eigenvalue weighted by Crippen LogP contribution is -2.61. The van der Waals surface area contributed by atoms with Crippen molar-refractivity contribution in [3.05, 3.63) is 53.4 Å². The van der Waals surface area contributed by atoms with E-state index in [9.17, 15) is 9.90 Å². The number of anilines is 1. The molecule has 3 aromatic rings. The van der Waals surface area contributed by atoms with Gasteiger partial charge in [-0.25, -0.2) is 9.97 Å². The number of carbonyl (C=O) groups excluding carboxylic acids is 1. The van der Waals surface area contributed by atoms with Crippen molar-refractivity contribution in [2.75, 3.05) is 38.7 Å². The van der Waals surface area contributed by atoms with Crippen LogP contribution >= 0.6 is 11.6 Å². The summed E-state index contributed by atoms with van der Waals surface area (Å²) in [6, 6.07) is 9.10. The van der Waals surface area contributed by atoms with E-state index in [0.29, 0.717) is 37.4 Å². The summed E-state index contributed by atoms with van der Waals surface area (Å²) < 4.78 is 0. The van der Waals surface area contributed by atoms with E-state index >= 15 is 0 Å². The number of H-pyrrole nitrogens is 1. The van der Waals surface area contributed by atoms with Crippen LogP contribution < -0.4 is 10.2 Å². The van der Waals surface area contributed by atoms with Gasteiger partial charge >= 0.3 is 0 Å². The molecule has 1 aliphatic rings. The molecule has 8 nitrogen and oxygen atoms in total. The molecule has 0 spiro atoms. The lowest BCUT2D eigenvalue weighted by Gasteiger charge is -2.45. The fraction of sp³-hybridized carbons (Fsp3) is 0.435. The quantitative estimate of drug-likeness (QED) is 0.505. The van der Waals surface area contributed by atoms with Gasteiger partial charge < -0.3 is 20.3 Å². The molecule has 170 valence electrons. The van der Waals surface area contributed by atoms with Crippen LogP contribution in [0.2, 0.25) is 5.02 Å². The van der Waals surface area contributed by atoms with Crippen molar-refractivity contribution in [2.24, 2.45) is 0 Å². The molecule has 32 heavy (non-hydrogen) atoms. The Kier molecular flexibility index (Phi) is 6.64. The van der Waals surface area contributed by atoms with Crippen LogP contribution in [0.5, 0.6) is 0 Å². The van der Waals surface area contributed by atoms with Crippen LogP contribution in [0, 0.1) is 0 Å². The Morgan fingerprint density at radius 1 is 1.25 bits per heavy atom. The van der Waals surface area contributed by atoms with Gasteiger partial charge in [0.05, 0.1) is 11.4 Å². The molecule has 2 aromatic heterocycles. The molecule has 1 fully saturated rings. The number of rotatable bonds is 7. The van der Waals surface area contributed by atoms with E-state index < -0.39 is 5.54 Å². The van der Waals surface area contributed by atoms with Crippen LogP contribution in [0.3, 0.4) is 0 Å². The third kappa shape index (κ3) is 4.30. The van der Waals surface area contributed by atoms with E-state index in [4.69, 9.17) is 11.6 Å². The summed E-state index contributed by atoms with van der Waals surface area (Å²) in [5.41, 5.74) is 1.10. The third-order valence-electron chi connectivity index (χ3n) is 6.50. The Morgan fingerprint density at radius 3 is 2.62 bits per heavy atom. The smallest absolute Gasteiger partial charge is 0.241 e. The van der Waals surface area contributed by atoms with Crippen LogP contribution in [-0.4, -0.2) is 70.2 Å². The minimum absolute atomic E-state index is 0.0172. The van der Waals surface area contributed by atoms with Crippen molar-refractivity contribution in [2.45, 2.75) is 30.8 Å². The van der Waals surface area contributed by atoms with E-state index in [-0.39, 0.29) is 18.6 Å². The Balaban J connectivity index is 1.52. The van der Waals surface area contributed by atoms with Gasteiger partial charge in [-0.1, -0.05) is 23.7 Å². The molecule has 4 rings (SSSR count). The first kappa shape index (κ1) is 22.5. The van der Waals surface area contributed by atoms with Crippen molar-refractivity contribution in [3.8, 4) is 0 Å². The molecular formula is C23H29ClN6O2. The number of hydrogen-bond donors (Lipinski definition) is 3. The molecule has 0 aliphatic carbocycles. The molecule has 1 atom stereocenters. The minimum Gasteiger partial charge on any atom is -0.396 e. The van der Waals surface area contributed by atoms with E-state index in [1.165, 1.54) is 0 Å². The van der Waals surface area contributed by atoms with E-state index in [0.717, 1.165) is 22.4 Å². The highest BCUT2D eigenvalue weighted by Gasteiger charge is 2.44. The summed E-state index contributed by atoms with van der Waals surface area (Å²) >= 11 is 6.02. The molecule has 1 aromatic carbocycles. The summed E-state index contributed by atoms with van der Waals surface area (Å²) in [6.45, 7) is 1.39. The van der Waals surface area contributed by atoms with Gasteiger partial charge in [0.15, 0.2) is 0 Å². The molecule has 0 unspecified atom stereocenters. The number of fused-ring (bicyclic) bond motifs is 1. The molecule has 1 saturated heterocycles. The SMILES string of the molecule is CN(C)C1(C(=O)N[C@@H](CCO)c2ccc(Cl)cc2)CCN(c2ncnc3[nH]ccc23)CC1. The average Bonchev–Trinajstić information content (AvgIpc) is 3.28. The summed E-state index contributed by atoms with van der Waals surface area (Å²) in [5, 5.41) is 14.4. The van der Waals surface area contributed by atoms with Gasteiger partial charge in [0.2, 0.25) is 5.91 Å². The van der Waals surface area contributed by atoms with Gasteiger partial charge in [-0.15, -0.1) is 0 Å². The van der Waals surface area contributed by atoms with Crippen LogP contribution in [-0.2, 0) is 4.79 Å². The molecule has 3 heterocycles. The van der Waals surface area contributed by atoms with Crippen molar-refractivity contribution in [1.29, 1.82) is 0 Å². The topological polar surface area (TPSA) is 97.4 Å². The monoisotopic (exact) mass is 456 g/mol. The molecule has 0 bridgehead atoms. The fourth-order valence-corrected chi connectivity index (χ4v) is 4.64. The van der Waals surface area contributed by atoms with Crippen molar-refractivity contribution in [1.82, 2.24) is 25.2 Å². The molecule has 1 aliphatic heterocycles. The number of hydrogen-bond acceptors (Lipinski definition) is 6. The number of amides is 1. The maximum absolute atomic E-state index is 13.6. The number of carbonyl (C=O) groups is 1. The number of likely N-dealkylation sites (N-methyl/N-ethyl adjacent to an activating group) is 1. The molecule has 9 heteroatoms. The zero-order valence-electron chi connectivity index (χ0n) is 18.4. The predicted molar refractivity (Wildman–Crippen MR) is 126 cm³/mol. The number of aromatic nitrogens is 3. The van der Waals surface area contributed by atoms with Gasteiger partial charge in [0.25, 0.3) is 0 Å². The van der Waals surface area contributed by atoms with Crippen molar-refractivity contribution >= 4 is 34.4 Å². The summed E-state index contributed by atoms with van der Waals surface area (Å²) in [6.07, 6.45) is 5.19. The predicted octanol–water partition coefficient (Wildman–Crippen LogP) is 2.75. The average molecular weight is 457 g/mol. The lowest BCUT2D eigenvalue weighted by molar-refractivity contribution is -0.134. The first-order chi connectivity index (χ1) is 15.4. The number of aliphatic hydroxyl groups excluding tert-OH is 1. The summed E-state index contributed by atoms with van der Waals surface area (Å²) in [4.78, 5) is 29.7. The van der Waals surface area contributed by atoms with Crippen LogP contribution in [0.25, 0.3) is 11.0 Å². The maximum Gasteiger partial charge on any atom is 0.241 e. The first-order valence-electron chi connectivity index (χ1n) is 10.8. The number of aromatic amines is 1. The largest absolute Gasteiger partial charge is 0.396 e. The van der Waals surface area contributed by atoms with Gasteiger partial charge in [0.1, 0.15) is 23.3 Å². The number of nitrogens with one attached hydrogen (secondary N) is 2. The standard InChI is InChI=1S/C23H29ClN6O2/c1-29(2)23(22(32)28-19(8-14-31)16-3-5-17(24)6-4-16)9-12-30(13-10-23)21-18-7-11-25-20(18)26-15-27-21/h3-7,11,15,19,31H,8-10,12-14H2,1-2H3,(H,28,32)(H,25,26,27)/t19-/m0/s1. The number of aliphatic hydroxyl groups is 1. The highest BCUT2D eigenvalue weighted by molar-refractivity contribution is 6.30. The fourth-order valence-electron chi connectivity index (χ4n) is 4.52. The third-order valence-corrected chi connectivity index (χ3v) is 6.75. The zero-order chi connectivity index (χ0) is 22.7. The first-order valence-corrected chi connectivity index (χ1v) is 11.2. The van der Waals surface area contributed by atoms with E-state index in [2.05, 4.69) is 25.2 Å². The van der Waals surface area contributed by atoms with Gasteiger partial charge in [-0.3, -0.25) is 9.69 Å². The Morgan fingerprint density at radius 2 is 1.97 bits per heavy atom. The Hall–Kier alpha value is -2.68. The number of benzene rings is 1. The summed E-state index contributed by atoms with van der Waals surface area (Å²) in [5.74, 6) is 0.869. The second-order valence-electron chi connectivity index (χ2n) is 8.44. The minimum atomic E-state index is -0.638. The summed E-state index contributed by atoms with van der Waals surface area (Å²) in [7, 11) is 3.90. The number of halogens is 1. The Labute approximate surface area is 192 Å². The molecular weight excluding hydrogens is 428 g/mol. The van der Waals surface area contributed by atoms with E-state index in [1.54, 1.807) is 18.5 Å². The zero-order valence-corrected chi connectivity index (χ0v) is 19.1. The highest BCUT2D eigenvalue weighted by atomic mass is 35.5. The second kappa shape index (κ2) is 9.44. The van der Waals surface area contributed by atoms with Gasteiger partial charge in [-0.05, 0) is 57.1 Å².